The average Bonchev–Trinajstić information content (AvgIpc) is 3.25. The molecule has 4 aromatic rings. The van der Waals surface area contributed by atoms with Crippen molar-refractivity contribution in [3.8, 4) is 11.5 Å². The number of pyridine rings is 1. The van der Waals surface area contributed by atoms with Gasteiger partial charge in [-0.25, -0.2) is 4.98 Å². The van der Waals surface area contributed by atoms with Crippen molar-refractivity contribution in [3.05, 3.63) is 73.5 Å². The van der Waals surface area contributed by atoms with Crippen molar-refractivity contribution >= 4 is 56.0 Å². The van der Waals surface area contributed by atoms with Gasteiger partial charge in [-0.2, -0.15) is 0 Å². The molecule has 0 saturated heterocycles. The molecule has 0 aliphatic rings. The Bertz CT molecular complexity index is 1090. The predicted octanol–water partition coefficient (Wildman–Crippen LogP) is 7.13. The van der Waals surface area contributed by atoms with E-state index >= 15 is 0 Å². The second kappa shape index (κ2) is 8.07. The van der Waals surface area contributed by atoms with Crippen molar-refractivity contribution in [3.63, 3.8) is 0 Å². The first kappa shape index (κ1) is 18.6. The van der Waals surface area contributed by atoms with Crippen LogP contribution in [0.15, 0.2) is 48.0 Å². The molecule has 0 bridgehead atoms. The number of ether oxygens (including phenoxy) is 2. The summed E-state index contributed by atoms with van der Waals surface area (Å²) in [5.74, 6) is 1.53. The fourth-order valence-corrected chi connectivity index (χ4v) is 5.01. The molecule has 0 spiro atoms. The standard InChI is InChI=1S/C20H15Cl2NO2S2/c1-12-6-14(8-15(7-12)25-10-16-2-3-18(21)27-16)24-9-13-11-26-17-4-5-23-20(22)19(13)17/h2-8,11H,9-10H2,1H3. The number of halogens is 2. The number of hydrogen-bond donors (Lipinski definition) is 0. The lowest BCUT2D eigenvalue weighted by molar-refractivity contribution is 0.292. The van der Waals surface area contributed by atoms with Crippen LogP contribution in [0.25, 0.3) is 10.1 Å². The first-order valence-electron chi connectivity index (χ1n) is 8.20. The molecule has 0 aliphatic carbocycles. The van der Waals surface area contributed by atoms with Gasteiger partial charge in [-0.15, -0.1) is 22.7 Å². The second-order valence-corrected chi connectivity index (χ2v) is 9.07. The summed E-state index contributed by atoms with van der Waals surface area (Å²) in [5.41, 5.74) is 2.10. The van der Waals surface area contributed by atoms with Crippen LogP contribution in [0.3, 0.4) is 0 Å². The van der Waals surface area contributed by atoms with E-state index in [0.717, 1.165) is 41.9 Å². The summed E-state index contributed by atoms with van der Waals surface area (Å²) >= 11 is 15.4. The summed E-state index contributed by atoms with van der Waals surface area (Å²) in [5, 5.41) is 3.53. The molecule has 0 radical (unpaired) electrons. The molecule has 3 heterocycles. The SMILES string of the molecule is Cc1cc(OCc2ccc(Cl)s2)cc(OCc2csc3ccnc(Cl)c23)c1. The molecule has 27 heavy (non-hydrogen) atoms. The van der Waals surface area contributed by atoms with Gasteiger partial charge in [0.1, 0.15) is 29.9 Å². The maximum Gasteiger partial charge on any atom is 0.138 e. The topological polar surface area (TPSA) is 31.4 Å². The van der Waals surface area contributed by atoms with Crippen LogP contribution in [0.4, 0.5) is 0 Å². The minimum Gasteiger partial charge on any atom is -0.489 e. The Morgan fingerprint density at radius 1 is 1.00 bits per heavy atom. The van der Waals surface area contributed by atoms with E-state index in [4.69, 9.17) is 32.7 Å². The number of hydrogen-bond acceptors (Lipinski definition) is 5. The van der Waals surface area contributed by atoms with Gasteiger partial charge in [-0.1, -0.05) is 23.2 Å². The van der Waals surface area contributed by atoms with Crippen LogP contribution in [-0.2, 0) is 13.2 Å². The Hall–Kier alpha value is -1.79. The Morgan fingerprint density at radius 2 is 1.78 bits per heavy atom. The maximum absolute atomic E-state index is 6.25. The van der Waals surface area contributed by atoms with E-state index in [1.165, 1.54) is 11.3 Å². The number of thiophene rings is 2. The number of aryl methyl sites for hydroxylation is 1. The molecule has 3 nitrogen and oxygen atoms in total. The molecule has 0 saturated carbocycles. The minimum atomic E-state index is 0.425. The van der Waals surface area contributed by atoms with Crippen LogP contribution >= 0.6 is 45.9 Å². The van der Waals surface area contributed by atoms with Crippen molar-refractivity contribution < 1.29 is 9.47 Å². The lowest BCUT2D eigenvalue weighted by atomic mass is 10.2. The normalized spacial score (nSPS) is 11.1. The predicted molar refractivity (Wildman–Crippen MR) is 114 cm³/mol. The molecule has 0 N–H and O–H groups in total. The summed E-state index contributed by atoms with van der Waals surface area (Å²) in [6.07, 6.45) is 1.72. The molecular formula is C20H15Cl2NO2S2. The van der Waals surface area contributed by atoms with E-state index in [2.05, 4.69) is 10.4 Å². The van der Waals surface area contributed by atoms with Gasteiger partial charge in [-0.3, -0.25) is 0 Å². The van der Waals surface area contributed by atoms with Gasteiger partial charge in [0, 0.05) is 32.8 Å². The first-order chi connectivity index (χ1) is 13.1. The number of nitrogens with zero attached hydrogens (tertiary/aromatic N) is 1. The minimum absolute atomic E-state index is 0.425. The van der Waals surface area contributed by atoms with E-state index < -0.39 is 0 Å². The van der Waals surface area contributed by atoms with Gasteiger partial charge in [0.15, 0.2) is 0 Å². The summed E-state index contributed by atoms with van der Waals surface area (Å²) in [6.45, 7) is 2.92. The zero-order valence-corrected chi connectivity index (χ0v) is 17.5. The molecule has 0 aliphatic heterocycles. The Kier molecular flexibility index (Phi) is 5.55. The van der Waals surface area contributed by atoms with Gasteiger partial charge < -0.3 is 9.47 Å². The van der Waals surface area contributed by atoms with E-state index in [0.29, 0.717) is 18.4 Å². The summed E-state index contributed by atoms with van der Waals surface area (Å²) in [6, 6.07) is 11.7. The molecule has 3 aromatic heterocycles. The van der Waals surface area contributed by atoms with Gasteiger partial charge in [0.05, 0.1) is 4.34 Å². The summed E-state index contributed by atoms with van der Waals surface area (Å²) in [7, 11) is 0. The molecule has 7 heteroatoms. The summed E-state index contributed by atoms with van der Waals surface area (Å²) in [4.78, 5) is 5.25. The number of fused-ring (bicyclic) bond motifs is 1. The van der Waals surface area contributed by atoms with E-state index in [1.54, 1.807) is 17.5 Å². The fraction of sp³-hybridized carbons (Fsp3) is 0.150. The van der Waals surface area contributed by atoms with E-state index in [1.807, 2.05) is 43.3 Å². The highest BCUT2D eigenvalue weighted by molar-refractivity contribution is 7.17. The quantitative estimate of drug-likeness (QED) is 0.301. The van der Waals surface area contributed by atoms with Crippen LogP contribution < -0.4 is 9.47 Å². The number of benzene rings is 1. The van der Waals surface area contributed by atoms with Gasteiger partial charge in [0.2, 0.25) is 0 Å². The fourth-order valence-electron chi connectivity index (χ4n) is 2.73. The lowest BCUT2D eigenvalue weighted by Gasteiger charge is -2.11. The van der Waals surface area contributed by atoms with Crippen molar-refractivity contribution in [2.45, 2.75) is 20.1 Å². The molecule has 0 unspecified atom stereocenters. The van der Waals surface area contributed by atoms with Crippen molar-refractivity contribution in [1.82, 2.24) is 4.98 Å². The average molecular weight is 436 g/mol. The van der Waals surface area contributed by atoms with Crippen LogP contribution in [0.1, 0.15) is 16.0 Å². The van der Waals surface area contributed by atoms with Gasteiger partial charge >= 0.3 is 0 Å². The molecule has 0 atom stereocenters. The van der Waals surface area contributed by atoms with Crippen LogP contribution in [-0.4, -0.2) is 4.98 Å². The Labute approximate surface area is 175 Å². The third-order valence-corrected chi connectivity index (χ3v) is 6.43. The number of rotatable bonds is 6. The second-order valence-electron chi connectivity index (χ2n) is 6.00. The van der Waals surface area contributed by atoms with Gasteiger partial charge in [-0.05, 0) is 48.2 Å². The zero-order valence-electron chi connectivity index (χ0n) is 14.4. The highest BCUT2D eigenvalue weighted by Crippen LogP contribution is 2.32. The van der Waals surface area contributed by atoms with Gasteiger partial charge in [0.25, 0.3) is 0 Å². The molecule has 1 aromatic carbocycles. The van der Waals surface area contributed by atoms with Crippen LogP contribution in [0, 0.1) is 6.92 Å². The highest BCUT2D eigenvalue weighted by Gasteiger charge is 2.10. The third-order valence-electron chi connectivity index (χ3n) is 3.94. The largest absolute Gasteiger partial charge is 0.489 e. The maximum atomic E-state index is 6.25. The van der Waals surface area contributed by atoms with Crippen molar-refractivity contribution in [2.24, 2.45) is 0 Å². The monoisotopic (exact) mass is 435 g/mol. The Morgan fingerprint density at radius 3 is 2.52 bits per heavy atom. The molecule has 0 fully saturated rings. The van der Waals surface area contributed by atoms with Crippen LogP contribution in [0.5, 0.6) is 11.5 Å². The first-order valence-corrected chi connectivity index (χ1v) is 10.7. The molecule has 4 rings (SSSR count). The Balaban J connectivity index is 1.47. The number of aromatic nitrogens is 1. The smallest absolute Gasteiger partial charge is 0.138 e. The summed E-state index contributed by atoms with van der Waals surface area (Å²) < 4.78 is 13.8. The van der Waals surface area contributed by atoms with Crippen LogP contribution in [0.2, 0.25) is 9.49 Å². The van der Waals surface area contributed by atoms with E-state index in [9.17, 15) is 0 Å². The molecular weight excluding hydrogens is 421 g/mol. The molecule has 0 amide bonds. The zero-order chi connectivity index (χ0) is 18.8. The molecule has 138 valence electrons. The van der Waals surface area contributed by atoms with Crippen molar-refractivity contribution in [1.29, 1.82) is 0 Å². The lowest BCUT2D eigenvalue weighted by Crippen LogP contribution is -1.97. The van der Waals surface area contributed by atoms with E-state index in [-0.39, 0.29) is 0 Å². The third kappa shape index (κ3) is 4.38. The highest BCUT2D eigenvalue weighted by atomic mass is 35.5. The van der Waals surface area contributed by atoms with Crippen molar-refractivity contribution in [2.75, 3.05) is 0 Å².